The summed E-state index contributed by atoms with van der Waals surface area (Å²) in [4.78, 5) is -1.01. The second-order valence-electron chi connectivity index (χ2n) is 5.24. The minimum absolute atomic E-state index is 0.0688. The van der Waals surface area contributed by atoms with Gasteiger partial charge in [-0.3, -0.25) is 0 Å². The minimum atomic E-state index is -4.36. The molecule has 0 heterocycles. The van der Waals surface area contributed by atoms with Crippen molar-refractivity contribution in [1.82, 2.24) is 4.72 Å². The number of rotatable bonds is 6. The molecule has 0 aromatic heterocycles. The van der Waals surface area contributed by atoms with Crippen LogP contribution in [0, 0.1) is 11.6 Å². The van der Waals surface area contributed by atoms with Crippen molar-refractivity contribution in [1.29, 1.82) is 0 Å². The molecule has 0 radical (unpaired) electrons. The number of halogens is 2. The molecule has 0 saturated heterocycles. The third kappa shape index (κ3) is 4.34. The van der Waals surface area contributed by atoms with E-state index in [2.05, 4.69) is 4.72 Å². The topological polar surface area (TPSA) is 66.4 Å². The Hall–Kier alpha value is -1.83. The first-order valence-electron chi connectivity index (χ1n) is 7.00. The second-order valence-corrected chi connectivity index (χ2v) is 6.89. The molecule has 2 N–H and O–H groups in total. The normalized spacial score (nSPS) is 14.4. The van der Waals surface area contributed by atoms with Crippen molar-refractivity contribution in [2.45, 2.75) is 30.4 Å². The van der Waals surface area contributed by atoms with Crippen LogP contribution in [0.5, 0.6) is 0 Å². The van der Waals surface area contributed by atoms with E-state index in [1.807, 2.05) is 0 Å². The first kappa shape index (κ1) is 17.5. The van der Waals surface area contributed by atoms with Gasteiger partial charge in [0.15, 0.2) is 4.90 Å². The highest BCUT2D eigenvalue weighted by atomic mass is 32.2. The largest absolute Gasteiger partial charge is 0.388 e. The Kier molecular flexibility index (Phi) is 5.46. The summed E-state index contributed by atoms with van der Waals surface area (Å²) in [5, 5.41) is 10.1. The van der Waals surface area contributed by atoms with E-state index in [-0.39, 0.29) is 6.42 Å². The van der Waals surface area contributed by atoms with Crippen molar-refractivity contribution in [2.75, 3.05) is 0 Å². The van der Waals surface area contributed by atoms with Gasteiger partial charge in [0.05, 0.1) is 6.10 Å². The molecule has 2 atom stereocenters. The Morgan fingerprint density at radius 3 is 2.17 bits per heavy atom. The third-order valence-electron chi connectivity index (χ3n) is 3.31. The molecule has 23 heavy (non-hydrogen) atoms. The van der Waals surface area contributed by atoms with Crippen molar-refractivity contribution >= 4 is 10.0 Å². The van der Waals surface area contributed by atoms with E-state index in [1.54, 1.807) is 30.3 Å². The molecule has 2 aromatic rings. The fourth-order valence-corrected chi connectivity index (χ4v) is 3.65. The maximum absolute atomic E-state index is 13.6. The van der Waals surface area contributed by atoms with E-state index in [0.29, 0.717) is 5.56 Å². The number of aliphatic hydroxyl groups excluding tert-OH is 1. The molecule has 0 saturated carbocycles. The highest BCUT2D eigenvalue weighted by Gasteiger charge is 2.26. The van der Waals surface area contributed by atoms with Crippen molar-refractivity contribution in [3.05, 3.63) is 65.7 Å². The molecule has 2 rings (SSSR count). The van der Waals surface area contributed by atoms with Gasteiger partial charge in [-0.25, -0.2) is 21.9 Å². The van der Waals surface area contributed by atoms with Crippen LogP contribution in [0.2, 0.25) is 0 Å². The van der Waals surface area contributed by atoms with Gasteiger partial charge >= 0.3 is 0 Å². The predicted octanol–water partition coefficient (Wildman–Crippen LogP) is 2.76. The molecule has 0 aliphatic carbocycles. The monoisotopic (exact) mass is 341 g/mol. The van der Waals surface area contributed by atoms with Crippen LogP contribution in [0.4, 0.5) is 8.78 Å². The summed E-state index contributed by atoms with van der Waals surface area (Å²) in [6.07, 6.45) is -0.821. The van der Waals surface area contributed by atoms with E-state index in [1.165, 1.54) is 6.92 Å². The van der Waals surface area contributed by atoms with Gasteiger partial charge in [0, 0.05) is 6.04 Å². The van der Waals surface area contributed by atoms with E-state index in [9.17, 15) is 22.3 Å². The lowest BCUT2D eigenvalue weighted by molar-refractivity contribution is 0.158. The van der Waals surface area contributed by atoms with Crippen LogP contribution < -0.4 is 4.72 Å². The first-order valence-corrected chi connectivity index (χ1v) is 8.49. The summed E-state index contributed by atoms with van der Waals surface area (Å²) < 4.78 is 53.7. The molecule has 124 valence electrons. The standard InChI is InChI=1S/C16H17F2NO3S/c1-11(10-15(20)12-6-3-2-4-7-12)19-23(21,22)16-13(17)8-5-9-14(16)18/h2-9,11,15,19-20H,10H2,1H3/t11-,15-/m0/s1. The SMILES string of the molecule is C[C@@H](C[C@H](O)c1ccccc1)NS(=O)(=O)c1c(F)cccc1F. The van der Waals surface area contributed by atoms with E-state index < -0.39 is 38.7 Å². The zero-order chi connectivity index (χ0) is 17.0. The molecule has 0 aliphatic heterocycles. The number of nitrogens with one attached hydrogen (secondary N) is 1. The maximum Gasteiger partial charge on any atom is 0.246 e. The van der Waals surface area contributed by atoms with Crippen LogP contribution in [0.1, 0.15) is 25.0 Å². The number of sulfonamides is 1. The Labute approximate surface area is 133 Å². The smallest absolute Gasteiger partial charge is 0.246 e. The lowest BCUT2D eigenvalue weighted by atomic mass is 10.0. The van der Waals surface area contributed by atoms with E-state index in [0.717, 1.165) is 18.2 Å². The number of hydrogen-bond donors (Lipinski definition) is 2. The van der Waals surface area contributed by atoms with Gasteiger partial charge in [0.1, 0.15) is 11.6 Å². The quantitative estimate of drug-likeness (QED) is 0.849. The fraction of sp³-hybridized carbons (Fsp3) is 0.250. The maximum atomic E-state index is 13.6. The zero-order valence-corrected chi connectivity index (χ0v) is 13.2. The molecule has 0 spiro atoms. The van der Waals surface area contributed by atoms with Crippen molar-refractivity contribution < 1.29 is 22.3 Å². The van der Waals surface area contributed by atoms with Crippen LogP contribution in [0.15, 0.2) is 53.4 Å². The lowest BCUT2D eigenvalue weighted by Gasteiger charge is -2.18. The van der Waals surface area contributed by atoms with Gasteiger partial charge in [0.25, 0.3) is 0 Å². The van der Waals surface area contributed by atoms with Gasteiger partial charge in [-0.2, -0.15) is 0 Å². The van der Waals surface area contributed by atoms with Crippen LogP contribution in [0.3, 0.4) is 0 Å². The molecular weight excluding hydrogens is 324 g/mol. The first-order chi connectivity index (χ1) is 10.8. The Balaban J connectivity index is 2.11. The summed E-state index contributed by atoms with van der Waals surface area (Å²) >= 11 is 0. The molecule has 0 aliphatic rings. The number of hydrogen-bond acceptors (Lipinski definition) is 3. The van der Waals surface area contributed by atoms with E-state index in [4.69, 9.17) is 0 Å². The Morgan fingerprint density at radius 2 is 1.61 bits per heavy atom. The molecular formula is C16H17F2NO3S. The highest BCUT2D eigenvalue weighted by molar-refractivity contribution is 7.89. The molecule has 0 bridgehead atoms. The number of aliphatic hydroxyl groups is 1. The number of benzene rings is 2. The molecule has 7 heteroatoms. The van der Waals surface area contributed by atoms with Crippen molar-refractivity contribution in [3.8, 4) is 0 Å². The fourth-order valence-electron chi connectivity index (χ4n) is 2.26. The Morgan fingerprint density at radius 1 is 1.04 bits per heavy atom. The zero-order valence-electron chi connectivity index (χ0n) is 12.4. The highest BCUT2D eigenvalue weighted by Crippen LogP contribution is 2.21. The molecule has 4 nitrogen and oxygen atoms in total. The van der Waals surface area contributed by atoms with Crippen LogP contribution in [-0.2, 0) is 10.0 Å². The molecule has 0 amide bonds. The van der Waals surface area contributed by atoms with Gasteiger partial charge in [-0.1, -0.05) is 36.4 Å². The summed E-state index contributed by atoms with van der Waals surface area (Å²) in [5.74, 6) is -2.32. The molecule has 2 aromatic carbocycles. The van der Waals surface area contributed by atoms with Gasteiger partial charge in [0.2, 0.25) is 10.0 Å². The van der Waals surface area contributed by atoms with Crippen LogP contribution in [-0.4, -0.2) is 19.6 Å². The Bertz CT molecular complexity index is 746. The average molecular weight is 341 g/mol. The van der Waals surface area contributed by atoms with Crippen molar-refractivity contribution in [3.63, 3.8) is 0 Å². The second kappa shape index (κ2) is 7.16. The van der Waals surface area contributed by atoms with Crippen LogP contribution in [0.25, 0.3) is 0 Å². The molecule has 0 unspecified atom stereocenters. The summed E-state index contributed by atoms with van der Waals surface area (Å²) in [6, 6.07) is 10.8. The predicted molar refractivity (Wildman–Crippen MR) is 82.2 cm³/mol. The van der Waals surface area contributed by atoms with Crippen LogP contribution >= 0.6 is 0 Å². The van der Waals surface area contributed by atoms with Crippen molar-refractivity contribution in [2.24, 2.45) is 0 Å². The average Bonchev–Trinajstić information content (AvgIpc) is 2.46. The van der Waals surface area contributed by atoms with Gasteiger partial charge in [-0.15, -0.1) is 0 Å². The third-order valence-corrected chi connectivity index (χ3v) is 4.95. The summed E-state index contributed by atoms with van der Waals surface area (Å²) in [5.41, 5.74) is 0.635. The van der Waals surface area contributed by atoms with E-state index >= 15 is 0 Å². The van der Waals surface area contributed by atoms with Gasteiger partial charge in [-0.05, 0) is 31.0 Å². The molecule has 0 fully saturated rings. The summed E-state index contributed by atoms with van der Waals surface area (Å²) in [7, 11) is -4.36. The lowest BCUT2D eigenvalue weighted by Crippen LogP contribution is -2.34. The minimum Gasteiger partial charge on any atom is -0.388 e. The summed E-state index contributed by atoms with van der Waals surface area (Å²) in [6.45, 7) is 1.52. The van der Waals surface area contributed by atoms with Gasteiger partial charge < -0.3 is 5.11 Å².